The molecule has 110 valence electrons. The molecule has 0 fully saturated rings. The second kappa shape index (κ2) is 6.13. The minimum atomic E-state index is -0.808. The second-order valence-corrected chi connectivity index (χ2v) is 5.11. The molecule has 0 saturated heterocycles. The molecule has 5 nitrogen and oxygen atoms in total. The predicted molar refractivity (Wildman–Crippen MR) is 75.1 cm³/mol. The molecule has 1 heterocycles. The Morgan fingerprint density at radius 3 is 2.70 bits per heavy atom. The van der Waals surface area contributed by atoms with Crippen LogP contribution in [0.25, 0.3) is 0 Å². The van der Waals surface area contributed by atoms with Crippen LogP contribution in [0.5, 0.6) is 11.5 Å². The van der Waals surface area contributed by atoms with Crippen molar-refractivity contribution in [3.8, 4) is 11.5 Å². The molecule has 0 aliphatic carbocycles. The molecular formula is C15H21NO4. The van der Waals surface area contributed by atoms with Crippen LogP contribution in [0.1, 0.15) is 38.8 Å². The molecule has 0 amide bonds. The van der Waals surface area contributed by atoms with Gasteiger partial charge < -0.3 is 14.6 Å². The molecule has 1 aromatic rings. The summed E-state index contributed by atoms with van der Waals surface area (Å²) >= 11 is 0. The van der Waals surface area contributed by atoms with E-state index in [0.717, 1.165) is 23.5 Å². The summed E-state index contributed by atoms with van der Waals surface area (Å²) in [6.07, 6.45) is 0.905. The zero-order valence-electron chi connectivity index (χ0n) is 12.1. The van der Waals surface area contributed by atoms with Crippen LogP contribution in [0.15, 0.2) is 18.2 Å². The van der Waals surface area contributed by atoms with Crippen molar-refractivity contribution in [2.45, 2.75) is 39.3 Å². The number of hydrogen-bond donors (Lipinski definition) is 1. The fourth-order valence-electron chi connectivity index (χ4n) is 2.43. The average molecular weight is 279 g/mol. The first-order valence-corrected chi connectivity index (χ1v) is 6.90. The van der Waals surface area contributed by atoms with E-state index >= 15 is 0 Å². The standard InChI is InChI=1S/C15H21NO4/c1-4-10(2)16(8-15(17)18)11(3)12-5-6-13-14(7-12)20-9-19-13/h5-7,10-11H,4,8-9H2,1-3H3,(H,17,18). The van der Waals surface area contributed by atoms with Crippen molar-refractivity contribution in [1.29, 1.82) is 0 Å². The molecule has 1 N–H and O–H groups in total. The fourth-order valence-corrected chi connectivity index (χ4v) is 2.43. The molecule has 0 aromatic heterocycles. The molecule has 0 saturated carbocycles. The van der Waals surface area contributed by atoms with Gasteiger partial charge in [0.25, 0.3) is 0 Å². The van der Waals surface area contributed by atoms with Crippen LogP contribution < -0.4 is 9.47 Å². The Morgan fingerprint density at radius 1 is 1.35 bits per heavy atom. The van der Waals surface area contributed by atoms with E-state index in [0.29, 0.717) is 0 Å². The minimum absolute atomic E-state index is 0.00977. The highest BCUT2D eigenvalue weighted by Crippen LogP contribution is 2.35. The number of rotatable bonds is 6. The van der Waals surface area contributed by atoms with Gasteiger partial charge in [-0.05, 0) is 38.0 Å². The van der Waals surface area contributed by atoms with Gasteiger partial charge in [-0.25, -0.2) is 0 Å². The number of benzene rings is 1. The van der Waals surface area contributed by atoms with Crippen LogP contribution in [-0.4, -0.2) is 35.4 Å². The van der Waals surface area contributed by atoms with E-state index in [-0.39, 0.29) is 25.4 Å². The maximum absolute atomic E-state index is 11.1. The first kappa shape index (κ1) is 14.7. The number of carbonyl (C=O) groups is 1. The lowest BCUT2D eigenvalue weighted by atomic mass is 10.0. The van der Waals surface area contributed by atoms with Crippen LogP contribution in [0, 0.1) is 0 Å². The van der Waals surface area contributed by atoms with Gasteiger partial charge in [0.1, 0.15) is 0 Å². The van der Waals surface area contributed by atoms with E-state index in [1.165, 1.54) is 0 Å². The fraction of sp³-hybridized carbons (Fsp3) is 0.533. The average Bonchev–Trinajstić information content (AvgIpc) is 2.90. The lowest BCUT2D eigenvalue weighted by Gasteiger charge is -2.33. The van der Waals surface area contributed by atoms with Crippen molar-refractivity contribution in [2.24, 2.45) is 0 Å². The smallest absolute Gasteiger partial charge is 0.317 e. The van der Waals surface area contributed by atoms with E-state index in [4.69, 9.17) is 14.6 Å². The van der Waals surface area contributed by atoms with Gasteiger partial charge in [0.2, 0.25) is 6.79 Å². The van der Waals surface area contributed by atoms with Crippen LogP contribution >= 0.6 is 0 Å². The Balaban J connectivity index is 2.22. The summed E-state index contributed by atoms with van der Waals surface area (Å²) in [4.78, 5) is 13.1. The normalized spacial score (nSPS) is 16.2. The summed E-state index contributed by atoms with van der Waals surface area (Å²) in [6.45, 7) is 6.41. The molecule has 2 atom stereocenters. The number of ether oxygens (including phenoxy) is 2. The van der Waals surface area contributed by atoms with Gasteiger partial charge in [-0.1, -0.05) is 13.0 Å². The van der Waals surface area contributed by atoms with Gasteiger partial charge in [0, 0.05) is 12.1 Å². The molecule has 1 aliphatic rings. The van der Waals surface area contributed by atoms with E-state index in [9.17, 15) is 4.79 Å². The third-order valence-corrected chi connectivity index (χ3v) is 3.85. The molecule has 0 radical (unpaired) electrons. The zero-order valence-corrected chi connectivity index (χ0v) is 12.1. The maximum atomic E-state index is 11.1. The van der Waals surface area contributed by atoms with Crippen molar-refractivity contribution in [3.63, 3.8) is 0 Å². The quantitative estimate of drug-likeness (QED) is 0.867. The summed E-state index contributed by atoms with van der Waals surface area (Å²) in [7, 11) is 0. The summed E-state index contributed by atoms with van der Waals surface area (Å²) < 4.78 is 10.7. The number of fused-ring (bicyclic) bond motifs is 1. The number of carboxylic acids is 1. The molecule has 2 rings (SSSR count). The second-order valence-electron chi connectivity index (χ2n) is 5.11. The zero-order chi connectivity index (χ0) is 14.7. The first-order valence-electron chi connectivity index (χ1n) is 6.90. The van der Waals surface area contributed by atoms with Crippen molar-refractivity contribution < 1.29 is 19.4 Å². The highest BCUT2D eigenvalue weighted by Gasteiger charge is 2.24. The monoisotopic (exact) mass is 279 g/mol. The third kappa shape index (κ3) is 3.04. The van der Waals surface area contributed by atoms with Crippen LogP contribution in [-0.2, 0) is 4.79 Å². The summed E-state index contributed by atoms with van der Waals surface area (Å²) in [6, 6.07) is 5.99. The van der Waals surface area contributed by atoms with Gasteiger partial charge >= 0.3 is 5.97 Å². The first-order chi connectivity index (χ1) is 9.52. The van der Waals surface area contributed by atoms with Crippen LogP contribution in [0.2, 0.25) is 0 Å². The molecular weight excluding hydrogens is 258 g/mol. The van der Waals surface area contributed by atoms with Gasteiger partial charge in [-0.3, -0.25) is 9.69 Å². The molecule has 2 unspecified atom stereocenters. The van der Waals surface area contributed by atoms with Gasteiger partial charge in [0.05, 0.1) is 6.54 Å². The molecule has 5 heteroatoms. The van der Waals surface area contributed by atoms with Gasteiger partial charge in [-0.15, -0.1) is 0 Å². The molecule has 1 aromatic carbocycles. The largest absolute Gasteiger partial charge is 0.480 e. The van der Waals surface area contributed by atoms with E-state index in [1.807, 2.05) is 36.9 Å². The molecule has 1 aliphatic heterocycles. The van der Waals surface area contributed by atoms with Gasteiger partial charge in [-0.2, -0.15) is 0 Å². The van der Waals surface area contributed by atoms with Gasteiger partial charge in [0.15, 0.2) is 11.5 Å². The maximum Gasteiger partial charge on any atom is 0.317 e. The third-order valence-electron chi connectivity index (χ3n) is 3.85. The predicted octanol–water partition coefficient (Wildman–Crippen LogP) is 2.66. The highest BCUT2D eigenvalue weighted by molar-refractivity contribution is 5.69. The summed E-state index contributed by atoms with van der Waals surface area (Å²) in [5, 5.41) is 9.09. The number of nitrogens with zero attached hydrogens (tertiary/aromatic N) is 1. The van der Waals surface area contributed by atoms with Crippen molar-refractivity contribution in [3.05, 3.63) is 23.8 Å². The van der Waals surface area contributed by atoms with Crippen molar-refractivity contribution in [1.82, 2.24) is 4.90 Å². The highest BCUT2D eigenvalue weighted by atomic mass is 16.7. The van der Waals surface area contributed by atoms with E-state index in [1.54, 1.807) is 0 Å². The summed E-state index contributed by atoms with van der Waals surface area (Å²) in [5.74, 6) is 0.668. The van der Waals surface area contributed by atoms with E-state index in [2.05, 4.69) is 6.92 Å². The Hall–Kier alpha value is -1.75. The SMILES string of the molecule is CCC(C)N(CC(=O)O)C(C)c1ccc2c(c1)OCO2. The topological polar surface area (TPSA) is 59.0 Å². The van der Waals surface area contributed by atoms with Crippen molar-refractivity contribution >= 4 is 5.97 Å². The number of hydrogen-bond acceptors (Lipinski definition) is 4. The van der Waals surface area contributed by atoms with E-state index < -0.39 is 5.97 Å². The lowest BCUT2D eigenvalue weighted by molar-refractivity contribution is -0.139. The summed E-state index contributed by atoms with van der Waals surface area (Å²) in [5.41, 5.74) is 1.04. The molecule has 0 spiro atoms. The Morgan fingerprint density at radius 2 is 2.05 bits per heavy atom. The number of carboxylic acid groups (broad SMARTS) is 1. The minimum Gasteiger partial charge on any atom is -0.480 e. The molecule has 0 bridgehead atoms. The molecule has 20 heavy (non-hydrogen) atoms. The Bertz CT molecular complexity index is 489. The lowest BCUT2D eigenvalue weighted by Crippen LogP contribution is -2.39. The Labute approximate surface area is 119 Å². The number of aliphatic carboxylic acids is 1. The van der Waals surface area contributed by atoms with Crippen LogP contribution in [0.3, 0.4) is 0 Å². The van der Waals surface area contributed by atoms with Crippen molar-refractivity contribution in [2.75, 3.05) is 13.3 Å². The van der Waals surface area contributed by atoms with Crippen LogP contribution in [0.4, 0.5) is 0 Å². The Kier molecular flexibility index (Phi) is 4.49.